The average Bonchev–Trinajstić information content (AvgIpc) is 2.77. The Labute approximate surface area is 206 Å². The van der Waals surface area contributed by atoms with Crippen LogP contribution in [0.2, 0.25) is 0 Å². The molecule has 35 heavy (non-hydrogen) atoms. The van der Waals surface area contributed by atoms with Crippen LogP contribution in [0.4, 0.5) is 5.69 Å². The highest BCUT2D eigenvalue weighted by molar-refractivity contribution is 7.92. The lowest BCUT2D eigenvalue weighted by Gasteiger charge is -2.24. The second kappa shape index (κ2) is 10.5. The lowest BCUT2D eigenvalue weighted by molar-refractivity contribution is 0.185. The molecule has 0 saturated carbocycles. The maximum atomic E-state index is 12.5. The summed E-state index contributed by atoms with van der Waals surface area (Å²) in [4.78, 5) is 15.2. The van der Waals surface area contributed by atoms with Gasteiger partial charge < -0.3 is 14.5 Å². The number of anilines is 1. The summed E-state index contributed by atoms with van der Waals surface area (Å²) >= 11 is 0. The number of pyridine rings is 1. The first-order chi connectivity index (χ1) is 16.4. The number of aromatic nitrogens is 1. The zero-order chi connectivity index (χ0) is 25.8. The van der Waals surface area contributed by atoms with E-state index in [-0.39, 0.29) is 11.0 Å². The van der Waals surface area contributed by atoms with Crippen LogP contribution in [0.25, 0.3) is 23.3 Å². The maximum absolute atomic E-state index is 12.5. The van der Waals surface area contributed by atoms with Gasteiger partial charge in [0.15, 0.2) is 0 Å². The predicted octanol–water partition coefficient (Wildman–Crippen LogP) is 5.04. The van der Waals surface area contributed by atoms with Crippen molar-refractivity contribution in [3.8, 4) is 16.9 Å². The number of hydrogen-bond donors (Lipinski definition) is 2. The third-order valence-corrected chi connectivity index (χ3v) is 6.05. The molecular weight excluding hydrogens is 464 g/mol. The Balaban J connectivity index is 2.15. The lowest BCUT2D eigenvalue weighted by atomic mass is 9.83. The standard InChI is InChI=1S/C27H32N2O5S/c1-27(2,3)24-16-20(23-8-7-13-28-26(23)30)14-19(25(24)34-5)10-9-18-11-12-22(29-35(6,31)32)15-21(18)17-33-4/h7-16,29H,17H2,1-6H3,(H,28,30)/b10-9+. The van der Waals surface area contributed by atoms with Crippen LogP contribution in [0.1, 0.15) is 43.0 Å². The molecule has 0 aliphatic carbocycles. The van der Waals surface area contributed by atoms with E-state index >= 15 is 0 Å². The quantitative estimate of drug-likeness (QED) is 0.426. The van der Waals surface area contributed by atoms with Gasteiger partial charge in [-0.3, -0.25) is 9.52 Å². The first-order valence-corrected chi connectivity index (χ1v) is 13.0. The van der Waals surface area contributed by atoms with Gasteiger partial charge in [0.1, 0.15) is 5.75 Å². The lowest BCUT2D eigenvalue weighted by Crippen LogP contribution is -2.15. The second-order valence-electron chi connectivity index (χ2n) is 9.36. The number of hydrogen-bond acceptors (Lipinski definition) is 5. The van der Waals surface area contributed by atoms with Crippen LogP contribution in [0.15, 0.2) is 53.5 Å². The Kier molecular flexibility index (Phi) is 7.87. The normalized spacial score (nSPS) is 12.2. The smallest absolute Gasteiger partial charge is 0.255 e. The van der Waals surface area contributed by atoms with Crippen molar-refractivity contribution in [1.82, 2.24) is 4.98 Å². The molecule has 1 heterocycles. The molecular formula is C27H32N2O5S. The largest absolute Gasteiger partial charge is 0.496 e. The van der Waals surface area contributed by atoms with Crippen LogP contribution in [0.3, 0.4) is 0 Å². The van der Waals surface area contributed by atoms with Gasteiger partial charge in [-0.15, -0.1) is 0 Å². The number of sulfonamides is 1. The first-order valence-electron chi connectivity index (χ1n) is 11.1. The first kappa shape index (κ1) is 26.2. The van der Waals surface area contributed by atoms with Crippen molar-refractivity contribution in [1.29, 1.82) is 0 Å². The van der Waals surface area contributed by atoms with Gasteiger partial charge in [0.2, 0.25) is 10.0 Å². The summed E-state index contributed by atoms with van der Waals surface area (Å²) in [6.07, 6.45) is 6.59. The minimum atomic E-state index is -3.39. The average molecular weight is 497 g/mol. The van der Waals surface area contributed by atoms with Crippen molar-refractivity contribution < 1.29 is 17.9 Å². The van der Waals surface area contributed by atoms with Crippen LogP contribution < -0.4 is 15.0 Å². The zero-order valence-electron chi connectivity index (χ0n) is 20.9. The van der Waals surface area contributed by atoms with Crippen molar-refractivity contribution in [2.45, 2.75) is 32.8 Å². The van der Waals surface area contributed by atoms with Gasteiger partial charge in [0.05, 0.1) is 20.0 Å². The summed E-state index contributed by atoms with van der Waals surface area (Å²) in [6, 6.07) is 12.8. The fourth-order valence-corrected chi connectivity index (χ4v) is 4.43. The number of rotatable bonds is 8. The molecule has 0 unspecified atom stereocenters. The number of benzene rings is 2. The van der Waals surface area contributed by atoms with Gasteiger partial charge >= 0.3 is 0 Å². The molecule has 0 fully saturated rings. The van der Waals surface area contributed by atoms with E-state index in [9.17, 15) is 13.2 Å². The molecule has 3 rings (SSSR count). The summed E-state index contributed by atoms with van der Waals surface area (Å²) in [7, 11) is -0.168. The predicted molar refractivity (Wildman–Crippen MR) is 142 cm³/mol. The summed E-state index contributed by atoms with van der Waals surface area (Å²) in [6.45, 7) is 6.60. The molecule has 2 N–H and O–H groups in total. The third-order valence-electron chi connectivity index (χ3n) is 5.45. The minimum Gasteiger partial charge on any atom is -0.496 e. The van der Waals surface area contributed by atoms with Crippen LogP contribution in [0, 0.1) is 0 Å². The van der Waals surface area contributed by atoms with E-state index in [2.05, 4.69) is 30.5 Å². The van der Waals surface area contributed by atoms with Crippen LogP contribution >= 0.6 is 0 Å². The Morgan fingerprint density at radius 3 is 2.34 bits per heavy atom. The van der Waals surface area contributed by atoms with Crippen LogP contribution in [-0.4, -0.2) is 33.9 Å². The number of ether oxygens (including phenoxy) is 2. The molecule has 0 saturated heterocycles. The molecule has 0 aliphatic rings. The number of aromatic amines is 1. The summed E-state index contributed by atoms with van der Waals surface area (Å²) in [5, 5.41) is 0. The molecule has 2 aromatic carbocycles. The summed E-state index contributed by atoms with van der Waals surface area (Å²) in [5.74, 6) is 0.730. The van der Waals surface area contributed by atoms with Gasteiger partial charge in [0, 0.05) is 35.7 Å². The van der Waals surface area contributed by atoms with Gasteiger partial charge in [-0.2, -0.15) is 0 Å². The fraction of sp³-hybridized carbons (Fsp3) is 0.296. The maximum Gasteiger partial charge on any atom is 0.255 e. The van der Waals surface area contributed by atoms with E-state index in [4.69, 9.17) is 9.47 Å². The van der Waals surface area contributed by atoms with Gasteiger partial charge in [-0.25, -0.2) is 8.42 Å². The number of methoxy groups -OCH3 is 2. The highest BCUT2D eigenvalue weighted by Gasteiger charge is 2.22. The third kappa shape index (κ3) is 6.61. The highest BCUT2D eigenvalue weighted by Crippen LogP contribution is 2.38. The Morgan fingerprint density at radius 1 is 1.03 bits per heavy atom. The molecule has 0 atom stereocenters. The molecule has 0 bridgehead atoms. The van der Waals surface area contributed by atoms with E-state index in [1.54, 1.807) is 44.7 Å². The summed E-state index contributed by atoms with van der Waals surface area (Å²) in [5.41, 5.74) is 4.93. The van der Waals surface area contributed by atoms with E-state index in [1.807, 2.05) is 30.4 Å². The molecule has 0 spiro atoms. The van der Waals surface area contributed by atoms with E-state index < -0.39 is 10.0 Å². The molecule has 0 radical (unpaired) electrons. The Hall–Kier alpha value is -3.36. The van der Waals surface area contributed by atoms with Gasteiger partial charge in [-0.05, 0) is 58.5 Å². The van der Waals surface area contributed by atoms with Gasteiger partial charge in [0.25, 0.3) is 5.56 Å². The Morgan fingerprint density at radius 2 is 1.74 bits per heavy atom. The molecule has 1 aromatic heterocycles. The fourth-order valence-electron chi connectivity index (χ4n) is 3.87. The number of H-pyrrole nitrogens is 1. The minimum absolute atomic E-state index is 0.163. The molecule has 0 aliphatic heterocycles. The van der Waals surface area contributed by atoms with Crippen molar-refractivity contribution in [2.24, 2.45) is 0 Å². The molecule has 7 nitrogen and oxygen atoms in total. The van der Waals surface area contributed by atoms with Gasteiger partial charge in [-0.1, -0.05) is 39.0 Å². The van der Waals surface area contributed by atoms with Crippen molar-refractivity contribution >= 4 is 27.9 Å². The van der Waals surface area contributed by atoms with Crippen LogP contribution in [-0.2, 0) is 26.8 Å². The van der Waals surface area contributed by atoms with Crippen molar-refractivity contribution in [3.63, 3.8) is 0 Å². The second-order valence-corrected chi connectivity index (χ2v) is 11.1. The van der Waals surface area contributed by atoms with Crippen LogP contribution in [0.5, 0.6) is 5.75 Å². The van der Waals surface area contributed by atoms with E-state index in [0.717, 1.165) is 39.8 Å². The van der Waals surface area contributed by atoms with Crippen molar-refractivity contribution in [2.75, 3.05) is 25.2 Å². The van der Waals surface area contributed by atoms with E-state index in [0.29, 0.717) is 17.9 Å². The SMILES string of the molecule is COCc1cc(NS(C)(=O)=O)ccc1/C=C/c1cc(-c2ccc[nH]c2=O)cc(C(C)(C)C)c1OC. The topological polar surface area (TPSA) is 97.5 Å². The molecule has 3 aromatic rings. The Bertz CT molecular complexity index is 1400. The number of nitrogens with one attached hydrogen (secondary N) is 2. The molecule has 186 valence electrons. The molecule has 0 amide bonds. The monoisotopic (exact) mass is 496 g/mol. The highest BCUT2D eigenvalue weighted by atomic mass is 32.2. The summed E-state index contributed by atoms with van der Waals surface area (Å²) < 4.78 is 36.9. The molecule has 8 heteroatoms. The van der Waals surface area contributed by atoms with Crippen molar-refractivity contribution in [3.05, 3.63) is 81.3 Å². The zero-order valence-corrected chi connectivity index (χ0v) is 21.7. The van der Waals surface area contributed by atoms with E-state index in [1.165, 1.54) is 0 Å².